The Morgan fingerprint density at radius 3 is 2.42 bits per heavy atom. The van der Waals surface area contributed by atoms with Crippen LogP contribution in [0.15, 0.2) is 0 Å². The maximum Gasteiger partial charge on any atom is 0.249 e. The lowest BCUT2D eigenvalue weighted by atomic mass is 9.90. The van der Waals surface area contributed by atoms with Gasteiger partial charge >= 0.3 is 0 Å². The van der Waals surface area contributed by atoms with Crippen molar-refractivity contribution in [3.05, 3.63) is 0 Å². The molecule has 2 N–H and O–H groups in total. The van der Waals surface area contributed by atoms with Gasteiger partial charge in [-0.2, -0.15) is 0 Å². The van der Waals surface area contributed by atoms with E-state index < -0.39 is 0 Å². The second-order valence-electron chi connectivity index (χ2n) is 6.07. The van der Waals surface area contributed by atoms with E-state index in [9.17, 15) is 4.79 Å². The standard InChI is InChI=1S/C15H28N2O2/c1-3-9-16-12-4-6-13(7-5-12)17-15(18)14-11(2)8-10-19-14/h11-14,16H,3-10H2,1-2H3,(H,17,18). The molecular weight excluding hydrogens is 240 g/mol. The summed E-state index contributed by atoms with van der Waals surface area (Å²) in [6.45, 7) is 6.13. The Morgan fingerprint density at radius 1 is 1.16 bits per heavy atom. The molecule has 1 aliphatic carbocycles. The van der Waals surface area contributed by atoms with Gasteiger partial charge in [0.25, 0.3) is 0 Å². The highest BCUT2D eigenvalue weighted by Gasteiger charge is 2.32. The molecule has 4 heteroatoms. The molecule has 1 heterocycles. The normalized spacial score (nSPS) is 35.3. The number of ether oxygens (including phenoxy) is 1. The smallest absolute Gasteiger partial charge is 0.249 e. The van der Waals surface area contributed by atoms with Crippen molar-refractivity contribution >= 4 is 5.91 Å². The zero-order chi connectivity index (χ0) is 13.7. The van der Waals surface area contributed by atoms with Gasteiger partial charge in [-0.25, -0.2) is 0 Å². The van der Waals surface area contributed by atoms with Crippen LogP contribution in [-0.2, 0) is 9.53 Å². The summed E-state index contributed by atoms with van der Waals surface area (Å²) < 4.78 is 5.52. The van der Waals surface area contributed by atoms with Crippen molar-refractivity contribution in [2.24, 2.45) is 5.92 Å². The molecule has 1 saturated carbocycles. The molecule has 1 aliphatic heterocycles. The lowest BCUT2D eigenvalue weighted by molar-refractivity contribution is -0.132. The minimum atomic E-state index is -0.212. The van der Waals surface area contributed by atoms with Crippen LogP contribution in [0.5, 0.6) is 0 Å². The first-order chi connectivity index (χ1) is 9.20. The van der Waals surface area contributed by atoms with E-state index in [1.807, 2.05) is 0 Å². The Labute approximate surface area is 116 Å². The van der Waals surface area contributed by atoms with Gasteiger partial charge in [0.2, 0.25) is 5.91 Å². The number of hydrogen-bond donors (Lipinski definition) is 2. The van der Waals surface area contributed by atoms with E-state index in [0.29, 0.717) is 18.0 Å². The highest BCUT2D eigenvalue weighted by Crippen LogP contribution is 2.22. The zero-order valence-electron chi connectivity index (χ0n) is 12.3. The second kappa shape index (κ2) is 7.25. The van der Waals surface area contributed by atoms with Gasteiger partial charge in [0.15, 0.2) is 0 Å². The molecule has 2 unspecified atom stereocenters. The lowest BCUT2D eigenvalue weighted by Crippen LogP contribution is -2.46. The molecule has 2 atom stereocenters. The molecule has 1 amide bonds. The Balaban J connectivity index is 1.69. The van der Waals surface area contributed by atoms with E-state index in [0.717, 1.165) is 32.4 Å². The fourth-order valence-corrected chi connectivity index (χ4v) is 3.10. The topological polar surface area (TPSA) is 50.4 Å². The van der Waals surface area contributed by atoms with Crippen molar-refractivity contribution in [2.75, 3.05) is 13.2 Å². The summed E-state index contributed by atoms with van der Waals surface area (Å²) in [5.74, 6) is 0.470. The van der Waals surface area contributed by atoms with Crippen LogP contribution in [0.1, 0.15) is 52.4 Å². The number of rotatable bonds is 5. The Kier molecular flexibility index (Phi) is 5.64. The summed E-state index contributed by atoms with van der Waals surface area (Å²) >= 11 is 0. The number of hydrogen-bond acceptors (Lipinski definition) is 3. The molecule has 0 radical (unpaired) electrons. The van der Waals surface area contributed by atoms with Crippen LogP contribution in [0.4, 0.5) is 0 Å². The minimum Gasteiger partial charge on any atom is -0.368 e. The molecule has 0 aromatic heterocycles. The van der Waals surface area contributed by atoms with E-state index in [4.69, 9.17) is 4.74 Å². The number of nitrogens with one attached hydrogen (secondary N) is 2. The van der Waals surface area contributed by atoms with Crippen molar-refractivity contribution in [1.29, 1.82) is 0 Å². The molecule has 2 aliphatic rings. The summed E-state index contributed by atoms with van der Waals surface area (Å²) in [6.07, 6.45) is 6.51. The van der Waals surface area contributed by atoms with Crippen LogP contribution in [0.25, 0.3) is 0 Å². The average molecular weight is 268 g/mol. The van der Waals surface area contributed by atoms with Crippen LogP contribution in [0.3, 0.4) is 0 Å². The average Bonchev–Trinajstić information content (AvgIpc) is 2.84. The molecule has 2 rings (SSSR count). The summed E-state index contributed by atoms with van der Waals surface area (Å²) in [5, 5.41) is 6.75. The number of amides is 1. The van der Waals surface area contributed by atoms with Gasteiger partial charge in [-0.3, -0.25) is 4.79 Å². The van der Waals surface area contributed by atoms with E-state index >= 15 is 0 Å². The van der Waals surface area contributed by atoms with Crippen molar-refractivity contribution in [3.8, 4) is 0 Å². The van der Waals surface area contributed by atoms with Crippen LogP contribution >= 0.6 is 0 Å². The SMILES string of the molecule is CCCNC1CCC(NC(=O)C2OCCC2C)CC1. The molecule has 4 nitrogen and oxygen atoms in total. The third-order valence-electron chi connectivity index (χ3n) is 4.40. The van der Waals surface area contributed by atoms with Gasteiger partial charge in [0.05, 0.1) is 0 Å². The summed E-state index contributed by atoms with van der Waals surface area (Å²) in [6, 6.07) is 0.998. The van der Waals surface area contributed by atoms with Crippen molar-refractivity contribution in [2.45, 2.75) is 70.6 Å². The molecule has 0 aromatic carbocycles. The van der Waals surface area contributed by atoms with Crippen LogP contribution < -0.4 is 10.6 Å². The summed E-state index contributed by atoms with van der Waals surface area (Å²) in [7, 11) is 0. The predicted molar refractivity (Wildman–Crippen MR) is 76.0 cm³/mol. The van der Waals surface area contributed by atoms with E-state index in [1.165, 1.54) is 19.3 Å². The first-order valence-corrected chi connectivity index (χ1v) is 7.86. The Morgan fingerprint density at radius 2 is 1.84 bits per heavy atom. The van der Waals surface area contributed by atoms with Gasteiger partial charge in [-0.1, -0.05) is 13.8 Å². The fraction of sp³-hybridized carbons (Fsp3) is 0.933. The van der Waals surface area contributed by atoms with Crippen molar-refractivity contribution in [1.82, 2.24) is 10.6 Å². The third-order valence-corrected chi connectivity index (χ3v) is 4.40. The number of carbonyl (C=O) groups is 1. The van der Waals surface area contributed by atoms with Crippen molar-refractivity contribution < 1.29 is 9.53 Å². The van der Waals surface area contributed by atoms with Gasteiger partial charge in [-0.05, 0) is 51.0 Å². The van der Waals surface area contributed by atoms with Crippen LogP contribution in [0, 0.1) is 5.92 Å². The molecule has 0 bridgehead atoms. The second-order valence-corrected chi connectivity index (χ2v) is 6.07. The Hall–Kier alpha value is -0.610. The molecule has 0 spiro atoms. The van der Waals surface area contributed by atoms with Crippen LogP contribution in [0.2, 0.25) is 0 Å². The molecule has 2 fully saturated rings. The molecule has 0 aromatic rings. The molecule has 1 saturated heterocycles. The quantitative estimate of drug-likeness (QED) is 0.800. The van der Waals surface area contributed by atoms with Gasteiger partial charge < -0.3 is 15.4 Å². The van der Waals surface area contributed by atoms with E-state index in [2.05, 4.69) is 24.5 Å². The maximum absolute atomic E-state index is 12.1. The van der Waals surface area contributed by atoms with Crippen LogP contribution in [-0.4, -0.2) is 37.2 Å². The minimum absolute atomic E-state index is 0.106. The van der Waals surface area contributed by atoms with Gasteiger partial charge in [0, 0.05) is 18.7 Å². The summed E-state index contributed by atoms with van der Waals surface area (Å²) in [5.41, 5.74) is 0. The lowest BCUT2D eigenvalue weighted by Gasteiger charge is -2.30. The third kappa shape index (κ3) is 4.18. The molecular formula is C15H28N2O2. The first kappa shape index (κ1) is 14.8. The highest BCUT2D eigenvalue weighted by molar-refractivity contribution is 5.81. The predicted octanol–water partition coefficient (Wildman–Crippen LogP) is 1.84. The Bertz CT molecular complexity index is 288. The largest absolute Gasteiger partial charge is 0.368 e. The number of carbonyl (C=O) groups excluding carboxylic acids is 1. The van der Waals surface area contributed by atoms with E-state index in [1.54, 1.807) is 0 Å². The van der Waals surface area contributed by atoms with E-state index in [-0.39, 0.29) is 12.0 Å². The summed E-state index contributed by atoms with van der Waals surface area (Å²) in [4.78, 5) is 12.1. The zero-order valence-corrected chi connectivity index (χ0v) is 12.3. The fourth-order valence-electron chi connectivity index (χ4n) is 3.10. The molecule has 19 heavy (non-hydrogen) atoms. The van der Waals surface area contributed by atoms with Gasteiger partial charge in [-0.15, -0.1) is 0 Å². The maximum atomic E-state index is 12.1. The highest BCUT2D eigenvalue weighted by atomic mass is 16.5. The van der Waals surface area contributed by atoms with Crippen molar-refractivity contribution in [3.63, 3.8) is 0 Å². The molecule has 110 valence electrons. The van der Waals surface area contributed by atoms with Gasteiger partial charge in [0.1, 0.15) is 6.10 Å². The first-order valence-electron chi connectivity index (χ1n) is 7.86. The monoisotopic (exact) mass is 268 g/mol.